The van der Waals surface area contributed by atoms with Gasteiger partial charge in [-0.15, -0.1) is 0 Å². The number of halogens is 1. The van der Waals surface area contributed by atoms with Crippen molar-refractivity contribution >= 4 is 33.2 Å². The SMILES string of the molecule is CCC(=O)N1CCc2ccc(NS(=O)(=O)c3ccc(OC)cc3Cl)cc2C1. The third-order valence-electron chi connectivity index (χ3n) is 4.55. The largest absolute Gasteiger partial charge is 0.497 e. The fourth-order valence-electron chi connectivity index (χ4n) is 3.09. The Labute approximate surface area is 164 Å². The molecule has 0 aliphatic carbocycles. The number of nitrogens with zero attached hydrogens (tertiary/aromatic N) is 1. The molecule has 27 heavy (non-hydrogen) atoms. The molecule has 0 fully saturated rings. The van der Waals surface area contributed by atoms with E-state index in [9.17, 15) is 13.2 Å². The first-order chi connectivity index (χ1) is 12.8. The highest BCUT2D eigenvalue weighted by molar-refractivity contribution is 7.92. The third kappa shape index (κ3) is 4.20. The van der Waals surface area contributed by atoms with Crippen molar-refractivity contribution in [2.45, 2.75) is 31.2 Å². The molecular formula is C19H21ClN2O4S. The van der Waals surface area contributed by atoms with Crippen molar-refractivity contribution in [2.24, 2.45) is 0 Å². The zero-order valence-corrected chi connectivity index (χ0v) is 16.7. The normalized spacial score (nSPS) is 13.8. The Morgan fingerprint density at radius 3 is 2.67 bits per heavy atom. The number of amides is 1. The fourth-order valence-corrected chi connectivity index (χ4v) is 4.68. The number of carbonyl (C=O) groups is 1. The summed E-state index contributed by atoms with van der Waals surface area (Å²) in [5.41, 5.74) is 2.51. The van der Waals surface area contributed by atoms with Gasteiger partial charge in [-0.25, -0.2) is 8.42 Å². The van der Waals surface area contributed by atoms with Gasteiger partial charge in [-0.05, 0) is 41.8 Å². The molecule has 0 aromatic heterocycles. The number of hydrogen-bond acceptors (Lipinski definition) is 4. The summed E-state index contributed by atoms with van der Waals surface area (Å²) < 4.78 is 33.0. The average molecular weight is 409 g/mol. The topological polar surface area (TPSA) is 75.7 Å². The summed E-state index contributed by atoms with van der Waals surface area (Å²) in [6, 6.07) is 9.81. The lowest BCUT2D eigenvalue weighted by Gasteiger charge is -2.29. The maximum atomic E-state index is 12.7. The summed E-state index contributed by atoms with van der Waals surface area (Å²) in [5.74, 6) is 0.574. The van der Waals surface area contributed by atoms with Crippen molar-refractivity contribution in [1.82, 2.24) is 4.90 Å². The minimum Gasteiger partial charge on any atom is -0.497 e. The summed E-state index contributed by atoms with van der Waals surface area (Å²) in [5, 5.41) is 0.0829. The molecule has 0 bridgehead atoms. The lowest BCUT2D eigenvalue weighted by molar-refractivity contribution is -0.131. The Hall–Kier alpha value is -2.25. The van der Waals surface area contributed by atoms with Crippen LogP contribution in [0.2, 0.25) is 5.02 Å². The van der Waals surface area contributed by atoms with Gasteiger partial charge in [0.15, 0.2) is 0 Å². The first-order valence-electron chi connectivity index (χ1n) is 8.60. The number of methoxy groups -OCH3 is 1. The highest BCUT2D eigenvalue weighted by Gasteiger charge is 2.22. The molecule has 3 rings (SSSR count). The van der Waals surface area contributed by atoms with E-state index in [0.29, 0.717) is 30.9 Å². The van der Waals surface area contributed by atoms with Crippen LogP contribution in [0, 0.1) is 0 Å². The molecule has 0 unspecified atom stereocenters. The minimum absolute atomic E-state index is 0.0227. The summed E-state index contributed by atoms with van der Waals surface area (Å²) in [6.07, 6.45) is 1.22. The van der Waals surface area contributed by atoms with Gasteiger partial charge in [0.25, 0.3) is 10.0 Å². The van der Waals surface area contributed by atoms with Gasteiger partial charge in [0.05, 0.1) is 12.1 Å². The summed E-state index contributed by atoms with van der Waals surface area (Å²) in [4.78, 5) is 13.7. The van der Waals surface area contributed by atoms with Crippen molar-refractivity contribution in [3.8, 4) is 5.75 Å². The zero-order valence-electron chi connectivity index (χ0n) is 15.2. The van der Waals surface area contributed by atoms with E-state index in [0.717, 1.165) is 17.5 Å². The van der Waals surface area contributed by atoms with E-state index < -0.39 is 10.0 Å². The molecule has 0 atom stereocenters. The molecule has 1 aliphatic heterocycles. The predicted octanol–water partition coefficient (Wildman–Crippen LogP) is 3.44. The summed E-state index contributed by atoms with van der Waals surface area (Å²) in [6.45, 7) is 3.01. The molecule has 8 heteroatoms. The van der Waals surface area contributed by atoms with Gasteiger partial charge < -0.3 is 9.64 Å². The van der Waals surface area contributed by atoms with E-state index in [1.54, 1.807) is 23.1 Å². The number of benzene rings is 2. The van der Waals surface area contributed by atoms with Crippen molar-refractivity contribution in [3.63, 3.8) is 0 Å². The van der Waals surface area contributed by atoms with Gasteiger partial charge in [0.1, 0.15) is 10.6 Å². The molecule has 2 aromatic rings. The summed E-state index contributed by atoms with van der Waals surface area (Å²) in [7, 11) is -2.36. The van der Waals surface area contributed by atoms with Gasteiger partial charge in [0, 0.05) is 31.3 Å². The second-order valence-electron chi connectivity index (χ2n) is 6.30. The van der Waals surface area contributed by atoms with Crippen LogP contribution in [0.15, 0.2) is 41.3 Å². The number of carbonyl (C=O) groups excluding carboxylic acids is 1. The lowest BCUT2D eigenvalue weighted by atomic mass is 9.99. The maximum absolute atomic E-state index is 12.7. The number of nitrogens with one attached hydrogen (secondary N) is 1. The average Bonchev–Trinajstić information content (AvgIpc) is 2.66. The van der Waals surface area contributed by atoms with Gasteiger partial charge in [-0.2, -0.15) is 0 Å². The molecule has 0 spiro atoms. The first kappa shape index (κ1) is 19.5. The van der Waals surface area contributed by atoms with Crippen molar-refractivity contribution in [1.29, 1.82) is 0 Å². The minimum atomic E-state index is -3.85. The quantitative estimate of drug-likeness (QED) is 0.822. The van der Waals surface area contributed by atoms with E-state index in [1.165, 1.54) is 19.2 Å². The number of rotatable bonds is 5. The number of sulfonamides is 1. The molecule has 6 nitrogen and oxygen atoms in total. The highest BCUT2D eigenvalue weighted by atomic mass is 35.5. The van der Waals surface area contributed by atoms with Crippen LogP contribution in [-0.2, 0) is 27.8 Å². The van der Waals surface area contributed by atoms with E-state index >= 15 is 0 Å². The second kappa shape index (κ2) is 7.78. The van der Waals surface area contributed by atoms with Crippen molar-refractivity contribution in [2.75, 3.05) is 18.4 Å². The molecule has 2 aromatic carbocycles. The van der Waals surface area contributed by atoms with Gasteiger partial charge in [-0.3, -0.25) is 9.52 Å². The second-order valence-corrected chi connectivity index (χ2v) is 8.36. The van der Waals surface area contributed by atoms with Crippen molar-refractivity contribution in [3.05, 3.63) is 52.5 Å². The standard InChI is InChI=1S/C19H21ClN2O4S/c1-3-19(23)22-9-8-13-4-5-15(10-14(13)12-22)21-27(24,25)18-7-6-16(26-2)11-17(18)20/h4-7,10-11,21H,3,8-9,12H2,1-2H3. The molecule has 1 heterocycles. The summed E-state index contributed by atoms with van der Waals surface area (Å²) >= 11 is 6.10. The molecule has 1 amide bonds. The Kier molecular flexibility index (Phi) is 5.62. The number of fused-ring (bicyclic) bond motifs is 1. The van der Waals surface area contributed by atoms with Crippen LogP contribution in [0.5, 0.6) is 5.75 Å². The Morgan fingerprint density at radius 2 is 2.00 bits per heavy atom. The number of hydrogen-bond donors (Lipinski definition) is 1. The molecule has 1 aliphatic rings. The van der Waals surface area contributed by atoms with Crippen LogP contribution in [0.3, 0.4) is 0 Å². The highest BCUT2D eigenvalue weighted by Crippen LogP contribution is 2.29. The monoisotopic (exact) mass is 408 g/mol. The molecule has 0 saturated heterocycles. The molecule has 0 radical (unpaired) electrons. The van der Waals surface area contributed by atoms with Gasteiger partial charge in [-0.1, -0.05) is 24.6 Å². The van der Waals surface area contributed by atoms with Crippen LogP contribution in [0.1, 0.15) is 24.5 Å². The smallest absolute Gasteiger partial charge is 0.263 e. The van der Waals surface area contributed by atoms with Gasteiger partial charge in [0.2, 0.25) is 5.91 Å². The molecule has 1 N–H and O–H groups in total. The van der Waals surface area contributed by atoms with Crippen LogP contribution in [0.4, 0.5) is 5.69 Å². The van der Waals surface area contributed by atoms with Crippen molar-refractivity contribution < 1.29 is 17.9 Å². The maximum Gasteiger partial charge on any atom is 0.263 e. The van der Waals surface area contributed by atoms with E-state index in [1.807, 2.05) is 13.0 Å². The van der Waals surface area contributed by atoms with Crippen LogP contribution in [0.25, 0.3) is 0 Å². The first-order valence-corrected chi connectivity index (χ1v) is 10.5. The zero-order chi connectivity index (χ0) is 19.6. The Balaban J connectivity index is 1.85. The third-order valence-corrected chi connectivity index (χ3v) is 6.42. The Bertz CT molecular complexity index is 976. The van der Waals surface area contributed by atoms with E-state index in [4.69, 9.17) is 16.3 Å². The van der Waals surface area contributed by atoms with Gasteiger partial charge >= 0.3 is 0 Å². The van der Waals surface area contributed by atoms with Crippen LogP contribution in [-0.4, -0.2) is 32.9 Å². The van der Waals surface area contributed by atoms with E-state index in [2.05, 4.69) is 4.72 Å². The fraction of sp³-hybridized carbons (Fsp3) is 0.316. The Morgan fingerprint density at radius 1 is 1.22 bits per heavy atom. The molecule has 0 saturated carbocycles. The lowest BCUT2D eigenvalue weighted by Crippen LogP contribution is -2.35. The number of anilines is 1. The van der Waals surface area contributed by atoms with E-state index in [-0.39, 0.29) is 15.8 Å². The molecule has 144 valence electrons. The number of ether oxygens (including phenoxy) is 1. The molecular weight excluding hydrogens is 388 g/mol. The van der Waals surface area contributed by atoms with Crippen LogP contribution < -0.4 is 9.46 Å². The van der Waals surface area contributed by atoms with Crippen LogP contribution >= 0.6 is 11.6 Å². The predicted molar refractivity (Wildman–Crippen MR) is 105 cm³/mol.